The number of nitrogens with zero attached hydrogens (tertiary/aromatic N) is 1. The van der Waals surface area contributed by atoms with Gasteiger partial charge in [0.15, 0.2) is 0 Å². The molecular formula is C11H12N2O4. The zero-order valence-corrected chi connectivity index (χ0v) is 9.25. The van der Waals surface area contributed by atoms with E-state index in [4.69, 9.17) is 0 Å². The number of non-ortho nitro benzene ring substituents is 1. The van der Waals surface area contributed by atoms with E-state index in [0.29, 0.717) is 11.8 Å². The van der Waals surface area contributed by atoms with Crippen molar-refractivity contribution in [2.75, 3.05) is 0 Å². The van der Waals surface area contributed by atoms with Gasteiger partial charge < -0.3 is 10.1 Å². The number of carbonyl (C=O) groups excluding carboxylic acids is 2. The molecule has 1 rings (SSSR count). The lowest BCUT2D eigenvalue weighted by atomic mass is 10.1. The predicted octanol–water partition coefficient (Wildman–Crippen LogP) is 0.841. The van der Waals surface area contributed by atoms with E-state index in [1.165, 1.54) is 18.2 Å². The molecule has 17 heavy (non-hydrogen) atoms. The van der Waals surface area contributed by atoms with E-state index < -0.39 is 11.0 Å². The number of aldehydes is 1. The summed E-state index contributed by atoms with van der Waals surface area (Å²) in [7, 11) is 0. The summed E-state index contributed by atoms with van der Waals surface area (Å²) in [5, 5.41) is 13.0. The number of nitro groups is 1. The molecule has 0 unspecified atom stereocenters. The summed E-state index contributed by atoms with van der Waals surface area (Å²) in [5.74, 6) is -0.343. The molecule has 1 atom stereocenters. The number of benzene rings is 1. The quantitative estimate of drug-likeness (QED) is 0.466. The van der Waals surface area contributed by atoms with Gasteiger partial charge in [-0.15, -0.1) is 0 Å². The lowest BCUT2D eigenvalue weighted by Gasteiger charge is -2.06. The van der Waals surface area contributed by atoms with Crippen molar-refractivity contribution in [3.8, 4) is 0 Å². The van der Waals surface area contributed by atoms with Crippen molar-refractivity contribution in [3.05, 3.63) is 39.9 Å². The maximum Gasteiger partial charge on any atom is 0.269 e. The number of rotatable bonds is 5. The largest absolute Gasteiger partial charge is 0.347 e. The van der Waals surface area contributed by atoms with E-state index in [1.807, 2.05) is 0 Å². The first-order valence-electron chi connectivity index (χ1n) is 5.01. The van der Waals surface area contributed by atoms with E-state index >= 15 is 0 Å². The zero-order valence-electron chi connectivity index (χ0n) is 9.25. The number of hydrogen-bond donors (Lipinski definition) is 1. The summed E-state index contributed by atoms with van der Waals surface area (Å²) >= 11 is 0. The molecule has 0 radical (unpaired) electrons. The van der Waals surface area contributed by atoms with Crippen LogP contribution in [0.4, 0.5) is 5.69 Å². The molecule has 1 aromatic carbocycles. The summed E-state index contributed by atoms with van der Waals surface area (Å²) < 4.78 is 0. The van der Waals surface area contributed by atoms with Gasteiger partial charge in [0.2, 0.25) is 5.91 Å². The van der Waals surface area contributed by atoms with Crippen molar-refractivity contribution in [3.63, 3.8) is 0 Å². The molecule has 6 nitrogen and oxygen atoms in total. The van der Waals surface area contributed by atoms with Crippen LogP contribution >= 0.6 is 0 Å². The number of nitrogens with one attached hydrogen (secondary N) is 1. The first kappa shape index (κ1) is 12.8. The number of amides is 1. The van der Waals surface area contributed by atoms with Crippen LogP contribution in [-0.2, 0) is 16.0 Å². The Balaban J connectivity index is 2.68. The molecule has 0 heterocycles. The Labute approximate surface area is 97.8 Å². The van der Waals surface area contributed by atoms with Gasteiger partial charge in [-0.1, -0.05) is 12.1 Å². The van der Waals surface area contributed by atoms with E-state index in [0.717, 1.165) is 0 Å². The second kappa shape index (κ2) is 5.74. The highest BCUT2D eigenvalue weighted by Gasteiger charge is 2.10. The standard InChI is InChI=1S/C11H12N2O4/c1-8(7-14)12-11(15)6-9-3-2-4-10(5-9)13(16)17/h2-5,7-8H,6H2,1H3,(H,12,15)/t8-/m0/s1. The molecule has 1 amide bonds. The molecule has 0 spiro atoms. The Morgan fingerprint density at radius 2 is 2.29 bits per heavy atom. The minimum Gasteiger partial charge on any atom is -0.347 e. The van der Waals surface area contributed by atoms with Gasteiger partial charge in [0.25, 0.3) is 5.69 Å². The summed E-state index contributed by atoms with van der Waals surface area (Å²) in [4.78, 5) is 31.8. The zero-order chi connectivity index (χ0) is 12.8. The van der Waals surface area contributed by atoms with Crippen molar-refractivity contribution < 1.29 is 14.5 Å². The topological polar surface area (TPSA) is 89.3 Å². The van der Waals surface area contributed by atoms with Gasteiger partial charge in [-0.05, 0) is 12.5 Å². The van der Waals surface area contributed by atoms with Crippen molar-refractivity contribution >= 4 is 17.9 Å². The average molecular weight is 236 g/mol. The third-order valence-electron chi connectivity index (χ3n) is 2.08. The molecule has 1 aromatic rings. The minimum absolute atomic E-state index is 0.0137. The van der Waals surface area contributed by atoms with Crippen molar-refractivity contribution in [2.45, 2.75) is 19.4 Å². The Morgan fingerprint density at radius 3 is 2.88 bits per heavy atom. The highest BCUT2D eigenvalue weighted by atomic mass is 16.6. The van der Waals surface area contributed by atoms with Gasteiger partial charge in [-0.3, -0.25) is 14.9 Å². The van der Waals surface area contributed by atoms with Crippen LogP contribution in [0, 0.1) is 10.1 Å². The van der Waals surface area contributed by atoms with Crippen molar-refractivity contribution in [1.82, 2.24) is 5.32 Å². The average Bonchev–Trinajstić information content (AvgIpc) is 2.28. The van der Waals surface area contributed by atoms with E-state index in [-0.39, 0.29) is 18.0 Å². The van der Waals surface area contributed by atoms with Gasteiger partial charge in [0.1, 0.15) is 6.29 Å². The third-order valence-corrected chi connectivity index (χ3v) is 2.08. The molecule has 0 aliphatic rings. The Morgan fingerprint density at radius 1 is 1.59 bits per heavy atom. The lowest BCUT2D eigenvalue weighted by Crippen LogP contribution is -2.34. The second-order valence-electron chi connectivity index (χ2n) is 3.60. The number of hydrogen-bond acceptors (Lipinski definition) is 4. The van der Waals surface area contributed by atoms with Gasteiger partial charge in [0.05, 0.1) is 17.4 Å². The molecule has 1 N–H and O–H groups in total. The Kier molecular flexibility index (Phi) is 4.33. The fourth-order valence-electron chi connectivity index (χ4n) is 1.30. The smallest absolute Gasteiger partial charge is 0.269 e. The first-order valence-corrected chi connectivity index (χ1v) is 5.01. The maximum atomic E-state index is 11.4. The Hall–Kier alpha value is -2.24. The Bertz CT molecular complexity index is 445. The van der Waals surface area contributed by atoms with Crippen LogP contribution in [0.15, 0.2) is 24.3 Å². The predicted molar refractivity (Wildman–Crippen MR) is 60.5 cm³/mol. The summed E-state index contributed by atoms with van der Waals surface area (Å²) in [6, 6.07) is 5.28. The van der Waals surface area contributed by atoms with Crippen molar-refractivity contribution in [2.24, 2.45) is 0 Å². The lowest BCUT2D eigenvalue weighted by molar-refractivity contribution is -0.384. The van der Waals surface area contributed by atoms with Gasteiger partial charge >= 0.3 is 0 Å². The van der Waals surface area contributed by atoms with Crippen LogP contribution < -0.4 is 5.32 Å². The number of carbonyl (C=O) groups is 2. The van der Waals surface area contributed by atoms with Crippen LogP contribution in [0.5, 0.6) is 0 Å². The molecule has 0 saturated carbocycles. The molecular weight excluding hydrogens is 224 g/mol. The molecule has 0 fully saturated rings. The van der Waals surface area contributed by atoms with Crippen LogP contribution in [0.3, 0.4) is 0 Å². The molecule has 0 bridgehead atoms. The summed E-state index contributed by atoms with van der Waals surface area (Å²) in [5.41, 5.74) is 0.480. The van der Waals surface area contributed by atoms with Crippen molar-refractivity contribution in [1.29, 1.82) is 0 Å². The SMILES string of the molecule is C[C@@H](C=O)NC(=O)Cc1cccc([N+](=O)[O-])c1. The molecule has 0 saturated heterocycles. The summed E-state index contributed by atoms with van der Waals surface area (Å²) in [6.07, 6.45) is 0.630. The third kappa shape index (κ3) is 4.02. The second-order valence-corrected chi connectivity index (χ2v) is 3.60. The fraction of sp³-hybridized carbons (Fsp3) is 0.273. The van der Waals surface area contributed by atoms with E-state index in [2.05, 4.69) is 5.32 Å². The minimum atomic E-state index is -0.554. The number of nitro benzene ring substituents is 1. The monoisotopic (exact) mass is 236 g/mol. The molecule has 0 aliphatic carbocycles. The van der Waals surface area contributed by atoms with Crippen LogP contribution in [-0.4, -0.2) is 23.2 Å². The van der Waals surface area contributed by atoms with Crippen LogP contribution in [0.2, 0.25) is 0 Å². The highest BCUT2D eigenvalue weighted by Crippen LogP contribution is 2.13. The fourth-order valence-corrected chi connectivity index (χ4v) is 1.30. The maximum absolute atomic E-state index is 11.4. The highest BCUT2D eigenvalue weighted by molar-refractivity contribution is 5.81. The van der Waals surface area contributed by atoms with Crippen LogP contribution in [0.25, 0.3) is 0 Å². The first-order chi connectivity index (χ1) is 8.02. The normalized spacial score (nSPS) is 11.6. The van der Waals surface area contributed by atoms with Gasteiger partial charge in [-0.25, -0.2) is 0 Å². The molecule has 90 valence electrons. The van der Waals surface area contributed by atoms with Gasteiger partial charge in [-0.2, -0.15) is 0 Å². The molecule has 0 aliphatic heterocycles. The summed E-state index contributed by atoms with van der Waals surface area (Å²) in [6.45, 7) is 1.55. The van der Waals surface area contributed by atoms with Gasteiger partial charge in [0, 0.05) is 12.1 Å². The molecule has 6 heteroatoms. The molecule has 0 aromatic heterocycles. The van der Waals surface area contributed by atoms with Crippen LogP contribution in [0.1, 0.15) is 12.5 Å². The van der Waals surface area contributed by atoms with E-state index in [1.54, 1.807) is 13.0 Å². The van der Waals surface area contributed by atoms with E-state index in [9.17, 15) is 19.7 Å².